The molecule has 1 fully saturated rings. The van der Waals surface area contributed by atoms with Gasteiger partial charge in [-0.1, -0.05) is 0 Å². The van der Waals surface area contributed by atoms with E-state index in [9.17, 15) is 22.8 Å². The summed E-state index contributed by atoms with van der Waals surface area (Å²) in [5.41, 5.74) is -1.38. The predicted octanol–water partition coefficient (Wildman–Crippen LogP) is 2.46. The maximum atomic E-state index is 12.8. The van der Waals surface area contributed by atoms with Crippen LogP contribution in [0.3, 0.4) is 0 Å². The van der Waals surface area contributed by atoms with Gasteiger partial charge in [-0.25, -0.2) is 18.9 Å². The number of hydrogen-bond acceptors (Lipinski definition) is 4. The van der Waals surface area contributed by atoms with Gasteiger partial charge in [-0.15, -0.1) is 0 Å². The Balaban J connectivity index is 2.06. The fourth-order valence-corrected chi connectivity index (χ4v) is 3.36. The first kappa shape index (κ1) is 18.4. The summed E-state index contributed by atoms with van der Waals surface area (Å²) < 4.78 is 43.4. The molecule has 0 saturated carbocycles. The monoisotopic (exact) mass is 364 g/mol. The number of nitrogens with zero attached hydrogens (tertiary/aromatic N) is 2. The standard InChI is InChI=1S/C14H16F3N3O3S/c1-13(2,3)19-12(22)23-24-7-11(21)20(8-24)10-6-9(4-5-18-10)14(15,16)17/h4-6H,7-8H2,1-3H3/p+1. The van der Waals surface area contributed by atoms with Gasteiger partial charge in [0.05, 0.1) is 5.56 Å². The Hall–Kier alpha value is -1.97. The minimum absolute atomic E-state index is 0.00922. The Morgan fingerprint density at radius 1 is 1.38 bits per heavy atom. The largest absolute Gasteiger partial charge is 0.459 e. The molecule has 24 heavy (non-hydrogen) atoms. The van der Waals surface area contributed by atoms with Crippen molar-refractivity contribution in [3.05, 3.63) is 23.9 Å². The summed E-state index contributed by atoms with van der Waals surface area (Å²) >= 11 is -1.04. The molecule has 2 heterocycles. The number of carbonyl (C=O) groups is 2. The Bertz CT molecular complexity index is 646. The van der Waals surface area contributed by atoms with Crippen LogP contribution in [0.4, 0.5) is 23.8 Å². The molecule has 1 aromatic heterocycles. The first-order chi connectivity index (χ1) is 11.0. The molecule has 132 valence electrons. The number of carbonyl (C=O) groups excluding carboxylic acids is 2. The number of aromatic nitrogens is 1. The van der Waals surface area contributed by atoms with Gasteiger partial charge in [-0.05, 0) is 32.9 Å². The number of anilines is 1. The van der Waals surface area contributed by atoms with E-state index in [1.807, 2.05) is 0 Å². The highest BCUT2D eigenvalue weighted by Gasteiger charge is 2.44. The molecule has 0 radical (unpaired) electrons. The van der Waals surface area contributed by atoms with Crippen molar-refractivity contribution in [1.82, 2.24) is 10.3 Å². The molecule has 1 N–H and O–H groups in total. The third kappa shape index (κ3) is 4.76. The molecule has 0 aromatic carbocycles. The zero-order valence-electron chi connectivity index (χ0n) is 13.3. The second-order valence-electron chi connectivity index (χ2n) is 6.18. The third-order valence-corrected chi connectivity index (χ3v) is 4.38. The van der Waals surface area contributed by atoms with Gasteiger partial charge >= 0.3 is 12.3 Å². The fourth-order valence-electron chi connectivity index (χ4n) is 1.90. The molecular weight excluding hydrogens is 347 g/mol. The van der Waals surface area contributed by atoms with Gasteiger partial charge in [0.15, 0.2) is 0 Å². The molecule has 0 bridgehead atoms. The molecule has 2 rings (SSSR count). The number of halogens is 3. The average Bonchev–Trinajstić information content (AvgIpc) is 2.76. The minimum atomic E-state index is -4.52. The molecule has 1 aliphatic rings. The smallest absolute Gasteiger partial charge is 0.313 e. The van der Waals surface area contributed by atoms with Gasteiger partial charge in [0.2, 0.25) is 22.8 Å². The zero-order valence-corrected chi connectivity index (χ0v) is 14.1. The van der Waals surface area contributed by atoms with E-state index in [1.165, 1.54) is 0 Å². The van der Waals surface area contributed by atoms with Crippen LogP contribution in [0.5, 0.6) is 0 Å². The van der Waals surface area contributed by atoms with Crippen molar-refractivity contribution in [1.29, 1.82) is 0 Å². The van der Waals surface area contributed by atoms with Gasteiger partial charge in [-0.2, -0.15) is 13.2 Å². The van der Waals surface area contributed by atoms with Crippen LogP contribution in [-0.4, -0.2) is 34.2 Å². The summed E-state index contributed by atoms with van der Waals surface area (Å²) in [7, 11) is 0. The highest BCUT2D eigenvalue weighted by Crippen LogP contribution is 2.31. The van der Waals surface area contributed by atoms with Crippen LogP contribution in [0.1, 0.15) is 26.3 Å². The first-order valence-electron chi connectivity index (χ1n) is 6.97. The Labute approximate surface area is 139 Å². The van der Waals surface area contributed by atoms with Gasteiger partial charge < -0.3 is 5.32 Å². The van der Waals surface area contributed by atoms with E-state index in [1.54, 1.807) is 20.8 Å². The maximum absolute atomic E-state index is 12.8. The normalized spacial score (nSPS) is 18.7. The number of nitrogens with one attached hydrogen (secondary N) is 1. The lowest BCUT2D eigenvalue weighted by Crippen LogP contribution is -2.42. The predicted molar refractivity (Wildman–Crippen MR) is 83.2 cm³/mol. The number of alkyl halides is 3. The summed E-state index contributed by atoms with van der Waals surface area (Å²) in [5.74, 6) is -0.626. The summed E-state index contributed by atoms with van der Waals surface area (Å²) in [6.07, 6.45) is -4.20. The van der Waals surface area contributed by atoms with Crippen molar-refractivity contribution in [2.45, 2.75) is 32.5 Å². The average molecular weight is 364 g/mol. The highest BCUT2D eigenvalue weighted by atomic mass is 32.2. The molecule has 2 amide bonds. The van der Waals surface area contributed by atoms with Gasteiger partial charge in [0.1, 0.15) is 5.82 Å². The summed E-state index contributed by atoms with van der Waals surface area (Å²) in [6, 6.07) is 1.64. The Morgan fingerprint density at radius 3 is 2.62 bits per heavy atom. The Morgan fingerprint density at radius 2 is 2.04 bits per heavy atom. The molecule has 0 aliphatic carbocycles. The fraction of sp³-hybridized carbons (Fsp3) is 0.500. The zero-order chi connectivity index (χ0) is 18.1. The summed E-state index contributed by atoms with van der Waals surface area (Å²) in [4.78, 5) is 28.7. The molecule has 1 unspecified atom stereocenters. The van der Waals surface area contributed by atoms with Crippen molar-refractivity contribution >= 4 is 29.0 Å². The van der Waals surface area contributed by atoms with Gasteiger partial charge in [-0.3, -0.25) is 4.79 Å². The molecule has 1 saturated heterocycles. The molecule has 1 aromatic rings. The van der Waals surface area contributed by atoms with Crippen LogP contribution >= 0.6 is 0 Å². The van der Waals surface area contributed by atoms with Crippen LogP contribution in [0.25, 0.3) is 0 Å². The van der Waals surface area contributed by atoms with Crippen LogP contribution in [0.2, 0.25) is 0 Å². The van der Waals surface area contributed by atoms with E-state index in [0.29, 0.717) is 0 Å². The van der Waals surface area contributed by atoms with Crippen molar-refractivity contribution in [2.75, 3.05) is 16.5 Å². The highest BCUT2D eigenvalue weighted by molar-refractivity contribution is 7.94. The number of rotatable bonds is 2. The second-order valence-corrected chi connectivity index (χ2v) is 7.77. The maximum Gasteiger partial charge on any atom is 0.459 e. The molecule has 1 atom stereocenters. The second kappa shape index (κ2) is 6.50. The lowest BCUT2D eigenvalue weighted by atomic mass is 10.1. The van der Waals surface area contributed by atoms with E-state index < -0.39 is 40.5 Å². The van der Waals surface area contributed by atoms with Crippen molar-refractivity contribution in [3.8, 4) is 0 Å². The molecular formula is C14H17F3N3O3S+. The van der Waals surface area contributed by atoms with E-state index in [2.05, 4.69) is 10.3 Å². The van der Waals surface area contributed by atoms with Gasteiger partial charge in [0.25, 0.3) is 5.91 Å². The number of amides is 2. The summed E-state index contributed by atoms with van der Waals surface area (Å²) in [5, 5.41) is 2.60. The van der Waals surface area contributed by atoms with Crippen LogP contribution in [-0.2, 0) is 26.3 Å². The van der Waals surface area contributed by atoms with Gasteiger partial charge in [0, 0.05) is 11.7 Å². The quantitative estimate of drug-likeness (QED) is 0.819. The van der Waals surface area contributed by atoms with Crippen LogP contribution in [0.15, 0.2) is 18.3 Å². The van der Waals surface area contributed by atoms with E-state index in [4.69, 9.17) is 4.18 Å². The number of pyridine rings is 1. The van der Waals surface area contributed by atoms with E-state index in [0.717, 1.165) is 23.2 Å². The van der Waals surface area contributed by atoms with E-state index in [-0.39, 0.29) is 17.4 Å². The molecule has 6 nitrogen and oxygen atoms in total. The Kier molecular flexibility index (Phi) is 4.97. The van der Waals surface area contributed by atoms with Crippen molar-refractivity contribution < 1.29 is 26.9 Å². The molecule has 10 heteroatoms. The minimum Gasteiger partial charge on any atom is -0.313 e. The van der Waals surface area contributed by atoms with Crippen molar-refractivity contribution in [2.24, 2.45) is 0 Å². The molecule has 0 spiro atoms. The lowest BCUT2D eigenvalue weighted by molar-refractivity contribution is -0.137. The topological polar surface area (TPSA) is 71.5 Å². The molecule has 1 aliphatic heterocycles. The summed E-state index contributed by atoms with van der Waals surface area (Å²) in [6.45, 7) is 5.32. The lowest BCUT2D eigenvalue weighted by Gasteiger charge is -2.18. The van der Waals surface area contributed by atoms with Crippen LogP contribution < -0.4 is 10.2 Å². The van der Waals surface area contributed by atoms with E-state index >= 15 is 0 Å². The number of hydrogen-bond donors (Lipinski definition) is 1. The van der Waals surface area contributed by atoms with Crippen molar-refractivity contribution in [3.63, 3.8) is 0 Å². The SMILES string of the molecule is CC(C)(C)NC(=O)O[S+]1CC(=O)N(c2cc(C(F)(F)F)ccn2)C1. The van der Waals surface area contributed by atoms with Crippen LogP contribution in [0, 0.1) is 0 Å². The third-order valence-electron chi connectivity index (χ3n) is 2.88. The first-order valence-corrected chi connectivity index (χ1v) is 8.46.